The van der Waals surface area contributed by atoms with Crippen LogP contribution in [0.2, 0.25) is 0 Å². The molecule has 0 saturated heterocycles. The number of benzene rings is 1. The predicted octanol–water partition coefficient (Wildman–Crippen LogP) is 3.06. The molecule has 0 fully saturated rings. The molecule has 0 radical (unpaired) electrons. The minimum Gasteiger partial charge on any atom is -0.389 e. The smallest absolute Gasteiger partial charge is 0.116 e. The molecule has 1 atom stereocenters. The molecular weight excluding hydrogens is 247 g/mol. The van der Waals surface area contributed by atoms with Gasteiger partial charge < -0.3 is 5.11 Å². The summed E-state index contributed by atoms with van der Waals surface area (Å²) in [6, 6.07) is 7.57. The summed E-state index contributed by atoms with van der Waals surface area (Å²) in [7, 11) is 0. The Hall–Kier alpha value is -0.410. The summed E-state index contributed by atoms with van der Waals surface area (Å²) in [5.74, 6) is 0. The molecule has 0 unspecified atom stereocenters. The van der Waals surface area contributed by atoms with Gasteiger partial charge in [-0.05, 0) is 17.7 Å². The highest BCUT2D eigenvalue weighted by atomic mass is 79.9. The van der Waals surface area contributed by atoms with E-state index in [1.165, 1.54) is 0 Å². The average molecular weight is 261 g/mol. The maximum absolute atomic E-state index is 12.4. The molecular formula is C11H14BrFO. The molecule has 78 valence electrons. The van der Waals surface area contributed by atoms with Crippen molar-refractivity contribution in [3.63, 3.8) is 0 Å². The first-order valence-corrected chi connectivity index (χ1v) is 5.28. The van der Waals surface area contributed by atoms with Crippen LogP contribution in [0.4, 0.5) is 4.39 Å². The van der Waals surface area contributed by atoms with E-state index in [4.69, 9.17) is 0 Å². The van der Waals surface area contributed by atoms with Gasteiger partial charge in [0.05, 0.1) is 6.10 Å². The van der Waals surface area contributed by atoms with Crippen molar-refractivity contribution in [2.24, 2.45) is 0 Å². The van der Waals surface area contributed by atoms with E-state index in [1.807, 2.05) is 38.1 Å². The van der Waals surface area contributed by atoms with Crippen molar-refractivity contribution in [1.82, 2.24) is 0 Å². The SMILES string of the molecule is CC(C)(c1ccc(Br)cc1)[C@@H](O)CF. The molecule has 0 heterocycles. The van der Waals surface area contributed by atoms with Gasteiger partial charge in [0.25, 0.3) is 0 Å². The molecule has 1 aromatic rings. The molecule has 1 nitrogen and oxygen atoms in total. The van der Waals surface area contributed by atoms with E-state index >= 15 is 0 Å². The normalized spacial score (nSPS) is 14.1. The minimum atomic E-state index is -0.955. The van der Waals surface area contributed by atoms with Crippen molar-refractivity contribution in [1.29, 1.82) is 0 Å². The van der Waals surface area contributed by atoms with Crippen LogP contribution in [0.1, 0.15) is 19.4 Å². The van der Waals surface area contributed by atoms with E-state index in [0.29, 0.717) is 0 Å². The lowest BCUT2D eigenvalue weighted by atomic mass is 9.80. The van der Waals surface area contributed by atoms with E-state index < -0.39 is 18.2 Å². The first-order chi connectivity index (χ1) is 6.48. The maximum Gasteiger partial charge on any atom is 0.116 e. The molecule has 0 spiro atoms. The fourth-order valence-electron chi connectivity index (χ4n) is 1.26. The zero-order chi connectivity index (χ0) is 10.8. The van der Waals surface area contributed by atoms with Gasteiger partial charge in [0.1, 0.15) is 6.67 Å². The Balaban J connectivity index is 2.97. The molecule has 1 rings (SSSR count). The van der Waals surface area contributed by atoms with Gasteiger partial charge >= 0.3 is 0 Å². The van der Waals surface area contributed by atoms with E-state index in [9.17, 15) is 9.50 Å². The van der Waals surface area contributed by atoms with Gasteiger partial charge in [-0.25, -0.2) is 4.39 Å². The molecule has 0 saturated carbocycles. The topological polar surface area (TPSA) is 20.2 Å². The summed E-state index contributed by atoms with van der Waals surface area (Å²) < 4.78 is 13.4. The first-order valence-electron chi connectivity index (χ1n) is 4.48. The second kappa shape index (κ2) is 4.41. The summed E-state index contributed by atoms with van der Waals surface area (Å²) >= 11 is 3.33. The van der Waals surface area contributed by atoms with Crippen molar-refractivity contribution in [3.05, 3.63) is 34.3 Å². The van der Waals surface area contributed by atoms with Crippen LogP contribution < -0.4 is 0 Å². The van der Waals surface area contributed by atoms with Crippen molar-refractivity contribution in [2.75, 3.05) is 6.67 Å². The standard InChI is InChI=1S/C11H14BrFO/c1-11(2,10(14)7-13)8-3-5-9(12)6-4-8/h3-6,10,14H,7H2,1-2H3/t10-/m0/s1. The number of halogens is 2. The maximum atomic E-state index is 12.4. The van der Waals surface area contributed by atoms with Gasteiger partial charge in [-0.2, -0.15) is 0 Å². The predicted molar refractivity (Wildman–Crippen MR) is 59.1 cm³/mol. The van der Waals surface area contributed by atoms with E-state index in [2.05, 4.69) is 15.9 Å². The van der Waals surface area contributed by atoms with Crippen LogP contribution in [-0.4, -0.2) is 17.9 Å². The zero-order valence-electron chi connectivity index (χ0n) is 8.30. The van der Waals surface area contributed by atoms with Crippen molar-refractivity contribution in [2.45, 2.75) is 25.4 Å². The first kappa shape index (κ1) is 11.7. The monoisotopic (exact) mass is 260 g/mol. The fraction of sp³-hybridized carbons (Fsp3) is 0.455. The lowest BCUT2D eigenvalue weighted by molar-refractivity contribution is 0.0737. The van der Waals surface area contributed by atoms with Crippen molar-refractivity contribution < 1.29 is 9.50 Å². The molecule has 1 aromatic carbocycles. The fourth-order valence-corrected chi connectivity index (χ4v) is 1.53. The van der Waals surface area contributed by atoms with Crippen LogP contribution in [0.25, 0.3) is 0 Å². The van der Waals surface area contributed by atoms with Crippen LogP contribution in [-0.2, 0) is 5.41 Å². The molecule has 14 heavy (non-hydrogen) atoms. The molecule has 0 aliphatic carbocycles. The Morgan fingerprint density at radius 3 is 2.29 bits per heavy atom. The number of hydrogen-bond acceptors (Lipinski definition) is 1. The Morgan fingerprint density at radius 2 is 1.86 bits per heavy atom. The van der Waals surface area contributed by atoms with E-state index in [-0.39, 0.29) is 0 Å². The van der Waals surface area contributed by atoms with Gasteiger partial charge in [-0.3, -0.25) is 0 Å². The van der Waals surface area contributed by atoms with E-state index in [1.54, 1.807) is 0 Å². The second-order valence-corrected chi connectivity index (χ2v) is 4.81. The van der Waals surface area contributed by atoms with Gasteiger partial charge in [0.15, 0.2) is 0 Å². The third-order valence-electron chi connectivity index (χ3n) is 2.57. The molecule has 0 amide bonds. The average Bonchev–Trinajstić information content (AvgIpc) is 2.17. The molecule has 0 aromatic heterocycles. The number of alkyl halides is 1. The Kier molecular flexibility index (Phi) is 3.67. The van der Waals surface area contributed by atoms with Crippen LogP contribution in [0.5, 0.6) is 0 Å². The molecule has 1 N–H and O–H groups in total. The number of aliphatic hydroxyl groups is 1. The number of rotatable bonds is 3. The van der Waals surface area contributed by atoms with Crippen LogP contribution in [0.3, 0.4) is 0 Å². The highest BCUT2D eigenvalue weighted by molar-refractivity contribution is 9.10. The second-order valence-electron chi connectivity index (χ2n) is 3.90. The zero-order valence-corrected chi connectivity index (χ0v) is 9.88. The Bertz CT molecular complexity index is 295. The van der Waals surface area contributed by atoms with Gasteiger partial charge in [0, 0.05) is 9.89 Å². The van der Waals surface area contributed by atoms with Crippen LogP contribution in [0, 0.1) is 0 Å². The minimum absolute atomic E-state index is 0.546. The quantitative estimate of drug-likeness (QED) is 0.886. The third-order valence-corrected chi connectivity index (χ3v) is 3.10. The van der Waals surface area contributed by atoms with E-state index in [0.717, 1.165) is 10.0 Å². The summed E-state index contributed by atoms with van der Waals surface area (Å²) in [4.78, 5) is 0. The molecule has 0 aliphatic rings. The lowest BCUT2D eigenvalue weighted by Crippen LogP contribution is -2.35. The summed E-state index contributed by atoms with van der Waals surface area (Å²) in [5, 5.41) is 9.52. The lowest BCUT2D eigenvalue weighted by Gasteiger charge is -2.29. The van der Waals surface area contributed by atoms with Crippen molar-refractivity contribution in [3.8, 4) is 0 Å². The third kappa shape index (κ3) is 2.34. The van der Waals surface area contributed by atoms with Crippen LogP contribution >= 0.6 is 15.9 Å². The summed E-state index contributed by atoms with van der Waals surface area (Å²) in [5.41, 5.74) is 0.390. The van der Waals surface area contributed by atoms with Crippen LogP contribution in [0.15, 0.2) is 28.7 Å². The number of hydrogen-bond donors (Lipinski definition) is 1. The Labute approximate surface area is 92.1 Å². The van der Waals surface area contributed by atoms with Gasteiger partial charge in [-0.1, -0.05) is 41.9 Å². The molecule has 3 heteroatoms. The highest BCUT2D eigenvalue weighted by Crippen LogP contribution is 2.28. The molecule has 0 bridgehead atoms. The summed E-state index contributed by atoms with van der Waals surface area (Å²) in [6.07, 6.45) is -0.955. The number of aliphatic hydroxyl groups excluding tert-OH is 1. The molecule has 0 aliphatic heterocycles. The largest absolute Gasteiger partial charge is 0.389 e. The van der Waals surface area contributed by atoms with Gasteiger partial charge in [0.2, 0.25) is 0 Å². The van der Waals surface area contributed by atoms with Crippen molar-refractivity contribution >= 4 is 15.9 Å². The Morgan fingerprint density at radius 1 is 1.36 bits per heavy atom. The highest BCUT2D eigenvalue weighted by Gasteiger charge is 2.29. The summed E-state index contributed by atoms with van der Waals surface area (Å²) in [6.45, 7) is 2.95. The van der Waals surface area contributed by atoms with Gasteiger partial charge in [-0.15, -0.1) is 0 Å².